The van der Waals surface area contributed by atoms with Gasteiger partial charge in [0.15, 0.2) is 10.3 Å². The van der Waals surface area contributed by atoms with E-state index in [-0.39, 0.29) is 18.2 Å². The lowest BCUT2D eigenvalue weighted by molar-refractivity contribution is -0.116. The number of nitrogens with zero attached hydrogens (tertiary/aromatic N) is 4. The number of halogens is 1. The van der Waals surface area contributed by atoms with Gasteiger partial charge in [0, 0.05) is 28.0 Å². The van der Waals surface area contributed by atoms with E-state index in [9.17, 15) is 9.59 Å². The highest BCUT2D eigenvalue weighted by Crippen LogP contribution is 2.28. The molecule has 0 saturated carbocycles. The first-order valence-corrected chi connectivity index (χ1v) is 12.5. The molecule has 174 valence electrons. The summed E-state index contributed by atoms with van der Waals surface area (Å²) in [6, 6.07) is 14.9. The molecule has 0 aliphatic carbocycles. The van der Waals surface area contributed by atoms with Crippen LogP contribution >= 0.6 is 34.7 Å². The van der Waals surface area contributed by atoms with Gasteiger partial charge in [0.2, 0.25) is 11.8 Å². The summed E-state index contributed by atoms with van der Waals surface area (Å²) in [5, 5.41) is 17.1. The second-order valence-electron chi connectivity index (χ2n) is 7.29. The molecule has 2 amide bonds. The summed E-state index contributed by atoms with van der Waals surface area (Å²) in [4.78, 5) is 29.5. The Morgan fingerprint density at radius 3 is 2.65 bits per heavy atom. The highest BCUT2D eigenvalue weighted by Gasteiger charge is 2.23. The Labute approximate surface area is 209 Å². The Balaban J connectivity index is 1.54. The first kappa shape index (κ1) is 23.9. The summed E-state index contributed by atoms with van der Waals surface area (Å²) in [5.74, 6) is 0.0143. The van der Waals surface area contributed by atoms with Crippen LogP contribution in [0.2, 0.25) is 5.02 Å². The van der Waals surface area contributed by atoms with Crippen LogP contribution in [-0.2, 0) is 16.0 Å². The van der Waals surface area contributed by atoms with Crippen molar-refractivity contribution in [1.29, 1.82) is 0 Å². The van der Waals surface area contributed by atoms with Gasteiger partial charge >= 0.3 is 0 Å². The Kier molecular flexibility index (Phi) is 7.61. The van der Waals surface area contributed by atoms with Crippen molar-refractivity contribution in [3.63, 3.8) is 0 Å². The van der Waals surface area contributed by atoms with E-state index < -0.39 is 5.25 Å². The number of aromatic nitrogens is 4. The third-order valence-corrected chi connectivity index (χ3v) is 7.03. The number of nitrogens with one attached hydrogen (secondary N) is 2. The van der Waals surface area contributed by atoms with Gasteiger partial charge in [-0.2, -0.15) is 0 Å². The van der Waals surface area contributed by atoms with Crippen molar-refractivity contribution in [2.45, 2.75) is 30.7 Å². The fraction of sp³-hybridized carbons (Fsp3) is 0.174. The van der Waals surface area contributed by atoms with E-state index in [0.29, 0.717) is 26.8 Å². The number of rotatable bonds is 8. The average Bonchev–Trinajstić information content (AvgIpc) is 3.47. The predicted octanol–water partition coefficient (Wildman–Crippen LogP) is 4.99. The van der Waals surface area contributed by atoms with Crippen LogP contribution in [0.25, 0.3) is 5.69 Å². The topological polar surface area (TPSA) is 102 Å². The molecule has 2 aromatic carbocycles. The Hall–Kier alpha value is -3.21. The van der Waals surface area contributed by atoms with Crippen molar-refractivity contribution in [3.05, 3.63) is 76.5 Å². The van der Waals surface area contributed by atoms with Gasteiger partial charge in [0.1, 0.15) is 5.82 Å². The zero-order chi connectivity index (χ0) is 24.1. The normalized spacial score (nSPS) is 11.7. The van der Waals surface area contributed by atoms with Crippen molar-refractivity contribution < 1.29 is 9.59 Å². The van der Waals surface area contributed by atoms with Gasteiger partial charge in [-0.3, -0.25) is 14.2 Å². The second kappa shape index (κ2) is 10.8. The standard InChI is InChI=1S/C23H21ClN6O2S2/c1-14-17(24)9-6-10-18(14)26-21(32)15(2)34-23-29-28-19(30(23)16-7-4-3-5-8-16)13-20(31)27-22-25-11-12-33-22/h3-12,15H,13H2,1-2H3,(H,26,32)(H,25,27,31). The van der Waals surface area contributed by atoms with E-state index in [2.05, 4.69) is 25.8 Å². The van der Waals surface area contributed by atoms with Crippen molar-refractivity contribution >= 4 is 57.3 Å². The summed E-state index contributed by atoms with van der Waals surface area (Å²) >= 11 is 8.77. The molecule has 2 heterocycles. The van der Waals surface area contributed by atoms with Crippen LogP contribution in [0.1, 0.15) is 18.3 Å². The van der Waals surface area contributed by atoms with Crippen LogP contribution in [0.4, 0.5) is 10.8 Å². The molecule has 8 nitrogen and oxygen atoms in total. The number of carbonyl (C=O) groups excluding carboxylic acids is 2. The number of anilines is 2. The molecule has 0 aliphatic heterocycles. The third-order valence-electron chi connectivity index (χ3n) is 4.89. The van der Waals surface area contributed by atoms with E-state index in [1.54, 1.807) is 35.2 Å². The van der Waals surface area contributed by atoms with E-state index in [1.165, 1.54) is 23.1 Å². The molecule has 1 unspecified atom stereocenters. The van der Waals surface area contributed by atoms with Gasteiger partial charge < -0.3 is 10.6 Å². The number of benzene rings is 2. The van der Waals surface area contributed by atoms with Crippen LogP contribution in [0.15, 0.2) is 65.3 Å². The summed E-state index contributed by atoms with van der Waals surface area (Å²) in [5.41, 5.74) is 2.26. The van der Waals surface area contributed by atoms with Crippen molar-refractivity contribution in [3.8, 4) is 5.69 Å². The maximum absolute atomic E-state index is 12.9. The molecule has 0 spiro atoms. The molecule has 0 aliphatic rings. The quantitative estimate of drug-likeness (QED) is 0.323. The van der Waals surface area contributed by atoms with E-state index in [4.69, 9.17) is 11.6 Å². The van der Waals surface area contributed by atoms with Crippen molar-refractivity contribution in [2.24, 2.45) is 0 Å². The zero-order valence-corrected chi connectivity index (χ0v) is 20.7. The number of hydrogen-bond donors (Lipinski definition) is 2. The van der Waals surface area contributed by atoms with Crippen molar-refractivity contribution in [2.75, 3.05) is 10.6 Å². The molecule has 34 heavy (non-hydrogen) atoms. The monoisotopic (exact) mass is 512 g/mol. The van der Waals surface area contributed by atoms with Crippen molar-refractivity contribution in [1.82, 2.24) is 19.7 Å². The van der Waals surface area contributed by atoms with E-state index >= 15 is 0 Å². The zero-order valence-electron chi connectivity index (χ0n) is 18.4. The molecule has 0 bridgehead atoms. The number of thioether (sulfide) groups is 1. The molecule has 4 rings (SSSR count). The summed E-state index contributed by atoms with van der Waals surface area (Å²) in [6.07, 6.45) is 1.63. The highest BCUT2D eigenvalue weighted by atomic mass is 35.5. The SMILES string of the molecule is Cc1c(Cl)cccc1NC(=O)C(C)Sc1nnc(CC(=O)Nc2nccs2)n1-c1ccccc1. The van der Waals surface area contributed by atoms with Crippen LogP contribution in [0, 0.1) is 6.92 Å². The largest absolute Gasteiger partial charge is 0.325 e. The highest BCUT2D eigenvalue weighted by molar-refractivity contribution is 8.00. The number of hydrogen-bond acceptors (Lipinski definition) is 7. The van der Waals surface area contributed by atoms with E-state index in [1.807, 2.05) is 43.3 Å². The number of para-hydroxylation sites is 1. The van der Waals surface area contributed by atoms with Crippen LogP contribution in [0.5, 0.6) is 0 Å². The Morgan fingerprint density at radius 1 is 1.12 bits per heavy atom. The molecule has 0 saturated heterocycles. The molecule has 2 aromatic heterocycles. The van der Waals surface area contributed by atoms with Gasteiger partial charge in [-0.05, 0) is 43.7 Å². The molecule has 0 radical (unpaired) electrons. The van der Waals surface area contributed by atoms with Gasteiger partial charge in [-0.25, -0.2) is 4.98 Å². The average molecular weight is 513 g/mol. The lowest BCUT2D eigenvalue weighted by Gasteiger charge is -2.15. The lowest BCUT2D eigenvalue weighted by Crippen LogP contribution is -2.23. The van der Waals surface area contributed by atoms with Gasteiger partial charge in [-0.15, -0.1) is 21.5 Å². The first-order valence-electron chi connectivity index (χ1n) is 10.3. The Bertz CT molecular complexity index is 1290. The Morgan fingerprint density at radius 2 is 1.91 bits per heavy atom. The molecular formula is C23H21ClN6O2S2. The molecule has 11 heteroatoms. The minimum atomic E-state index is -0.484. The maximum Gasteiger partial charge on any atom is 0.237 e. The minimum absolute atomic E-state index is 0.00429. The molecule has 1 atom stereocenters. The predicted molar refractivity (Wildman–Crippen MR) is 136 cm³/mol. The molecular weight excluding hydrogens is 492 g/mol. The van der Waals surface area contributed by atoms with Gasteiger partial charge in [0.05, 0.1) is 11.7 Å². The number of thiazole rings is 1. The summed E-state index contributed by atoms with van der Waals surface area (Å²) < 4.78 is 1.79. The fourth-order valence-corrected chi connectivity index (χ4v) is 4.71. The van der Waals surface area contributed by atoms with Crippen LogP contribution in [-0.4, -0.2) is 36.8 Å². The van der Waals surface area contributed by atoms with Crippen LogP contribution < -0.4 is 10.6 Å². The molecule has 2 N–H and O–H groups in total. The molecule has 4 aromatic rings. The maximum atomic E-state index is 12.9. The lowest BCUT2D eigenvalue weighted by atomic mass is 10.2. The van der Waals surface area contributed by atoms with Gasteiger partial charge in [0.25, 0.3) is 0 Å². The smallest absolute Gasteiger partial charge is 0.237 e. The fourth-order valence-electron chi connectivity index (χ4n) is 3.11. The summed E-state index contributed by atoms with van der Waals surface area (Å²) in [6.45, 7) is 3.64. The minimum Gasteiger partial charge on any atom is -0.325 e. The summed E-state index contributed by atoms with van der Waals surface area (Å²) in [7, 11) is 0. The van der Waals surface area contributed by atoms with E-state index in [0.717, 1.165) is 11.3 Å². The number of carbonyl (C=O) groups is 2. The van der Waals surface area contributed by atoms with Gasteiger partial charge in [-0.1, -0.05) is 47.6 Å². The first-order chi connectivity index (χ1) is 16.4. The second-order valence-corrected chi connectivity index (χ2v) is 9.90. The molecule has 0 fully saturated rings. The third kappa shape index (κ3) is 5.64. The number of amides is 2. The van der Waals surface area contributed by atoms with Crippen LogP contribution in [0.3, 0.4) is 0 Å².